The van der Waals surface area contributed by atoms with Crippen molar-refractivity contribution >= 4 is 28.6 Å². The highest BCUT2D eigenvalue weighted by Gasteiger charge is 2.30. The second-order valence-electron chi connectivity index (χ2n) is 7.54. The fourth-order valence-electron chi connectivity index (χ4n) is 4.23. The number of likely N-dealkylation sites (tertiary alicyclic amines) is 1. The Balaban J connectivity index is 1.33. The molecular formula is C20H23N5OS2. The van der Waals surface area contributed by atoms with Gasteiger partial charge in [-0.15, -0.1) is 32.9 Å². The molecule has 0 saturated carbocycles. The quantitative estimate of drug-likeness (QED) is 0.645. The number of hydrogen-bond acceptors (Lipinski definition) is 6. The molecule has 0 radical (unpaired) electrons. The Hall–Kier alpha value is -2.06. The number of carbonyl (C=O) groups excluding carboxylic acids is 1. The lowest BCUT2D eigenvalue weighted by atomic mass is 9.96. The van der Waals surface area contributed by atoms with Crippen LogP contribution in [0.25, 0.3) is 9.88 Å². The monoisotopic (exact) mass is 413 g/mol. The molecule has 1 atom stereocenters. The summed E-state index contributed by atoms with van der Waals surface area (Å²) in [6.45, 7) is 2.52. The Bertz CT molecular complexity index is 961. The molecule has 1 amide bonds. The van der Waals surface area contributed by atoms with E-state index in [2.05, 4.69) is 19.7 Å². The first-order valence-electron chi connectivity index (χ1n) is 10.0. The number of thiazole rings is 1. The molecule has 0 aromatic carbocycles. The molecule has 8 heteroatoms. The van der Waals surface area contributed by atoms with Gasteiger partial charge in [0.15, 0.2) is 0 Å². The third-order valence-electron chi connectivity index (χ3n) is 5.67. The van der Waals surface area contributed by atoms with Crippen LogP contribution in [0.4, 0.5) is 0 Å². The molecule has 1 unspecified atom stereocenters. The van der Waals surface area contributed by atoms with Gasteiger partial charge in [0.05, 0.1) is 4.88 Å². The Labute approximate surface area is 172 Å². The summed E-state index contributed by atoms with van der Waals surface area (Å²) in [4.78, 5) is 20.8. The van der Waals surface area contributed by atoms with Crippen LogP contribution in [0, 0.1) is 0 Å². The highest BCUT2D eigenvalue weighted by atomic mass is 32.1. The molecule has 0 spiro atoms. The molecule has 1 saturated heterocycles. The third kappa shape index (κ3) is 3.39. The van der Waals surface area contributed by atoms with Gasteiger partial charge in [-0.1, -0.05) is 12.5 Å². The number of carbonyl (C=O) groups is 1. The Morgan fingerprint density at radius 1 is 1.11 bits per heavy atom. The number of amides is 1. The maximum atomic E-state index is 13.1. The van der Waals surface area contributed by atoms with Crippen molar-refractivity contribution in [2.24, 2.45) is 0 Å². The highest BCUT2D eigenvalue weighted by Crippen LogP contribution is 2.31. The van der Waals surface area contributed by atoms with Crippen LogP contribution in [0.5, 0.6) is 0 Å². The first kappa shape index (κ1) is 18.0. The van der Waals surface area contributed by atoms with Gasteiger partial charge in [-0.3, -0.25) is 4.79 Å². The number of nitrogens with zero attached hydrogens (tertiary/aromatic N) is 5. The molecule has 1 fully saturated rings. The van der Waals surface area contributed by atoms with Crippen LogP contribution in [-0.2, 0) is 13.0 Å². The van der Waals surface area contributed by atoms with Gasteiger partial charge in [0.2, 0.25) is 0 Å². The predicted molar refractivity (Wildman–Crippen MR) is 111 cm³/mol. The molecule has 0 N–H and O–H groups in total. The first-order valence-corrected chi connectivity index (χ1v) is 11.8. The smallest absolute Gasteiger partial charge is 0.273 e. The zero-order chi connectivity index (χ0) is 18.9. The average Bonchev–Trinajstić information content (AvgIpc) is 3.46. The van der Waals surface area contributed by atoms with Gasteiger partial charge >= 0.3 is 0 Å². The number of hydrogen-bond donors (Lipinski definition) is 0. The van der Waals surface area contributed by atoms with E-state index >= 15 is 0 Å². The Kier molecular flexibility index (Phi) is 4.98. The van der Waals surface area contributed by atoms with Crippen LogP contribution in [0.3, 0.4) is 0 Å². The minimum atomic E-state index is 0.0411. The van der Waals surface area contributed by atoms with Crippen LogP contribution >= 0.6 is 22.7 Å². The summed E-state index contributed by atoms with van der Waals surface area (Å²) in [5.41, 5.74) is 0.564. The standard InChI is InChI=1S/C20H23N5OS2/c26-20(15-13-28-19(21-15)16-7-5-11-27-16)24-9-4-6-14(12-24)18-23-22-17-8-2-1-3-10-25(17)18/h5,7,11,13-14H,1-4,6,8-10,12H2. The van der Waals surface area contributed by atoms with Crippen molar-refractivity contribution < 1.29 is 4.79 Å². The Morgan fingerprint density at radius 2 is 2.07 bits per heavy atom. The summed E-state index contributed by atoms with van der Waals surface area (Å²) in [6.07, 6.45) is 6.74. The van der Waals surface area contributed by atoms with Crippen molar-refractivity contribution in [3.8, 4) is 9.88 Å². The van der Waals surface area contributed by atoms with Gasteiger partial charge in [0.25, 0.3) is 5.91 Å². The molecule has 146 valence electrons. The van der Waals surface area contributed by atoms with E-state index in [1.807, 2.05) is 27.8 Å². The van der Waals surface area contributed by atoms with Gasteiger partial charge in [0.1, 0.15) is 22.4 Å². The van der Waals surface area contributed by atoms with Gasteiger partial charge < -0.3 is 9.47 Å². The number of rotatable bonds is 3. The summed E-state index contributed by atoms with van der Waals surface area (Å²) >= 11 is 3.20. The molecule has 2 aliphatic rings. The average molecular weight is 414 g/mol. The lowest BCUT2D eigenvalue weighted by Gasteiger charge is -2.32. The largest absolute Gasteiger partial charge is 0.337 e. The van der Waals surface area contributed by atoms with E-state index in [9.17, 15) is 4.79 Å². The van der Waals surface area contributed by atoms with Crippen molar-refractivity contribution in [1.82, 2.24) is 24.6 Å². The van der Waals surface area contributed by atoms with Gasteiger partial charge in [-0.25, -0.2) is 4.98 Å². The molecular weight excluding hydrogens is 390 g/mol. The first-order chi connectivity index (χ1) is 13.8. The number of piperidine rings is 1. The van der Waals surface area contributed by atoms with Crippen LogP contribution in [0.15, 0.2) is 22.9 Å². The van der Waals surface area contributed by atoms with E-state index < -0.39 is 0 Å². The number of fused-ring (bicyclic) bond motifs is 1. The predicted octanol–water partition coefficient (Wildman–Crippen LogP) is 4.21. The molecule has 5 heterocycles. The number of aromatic nitrogens is 4. The van der Waals surface area contributed by atoms with Gasteiger partial charge in [0, 0.05) is 37.4 Å². The van der Waals surface area contributed by atoms with Crippen molar-refractivity contribution in [3.63, 3.8) is 0 Å². The summed E-state index contributed by atoms with van der Waals surface area (Å²) in [6, 6.07) is 4.06. The molecule has 6 nitrogen and oxygen atoms in total. The zero-order valence-electron chi connectivity index (χ0n) is 15.7. The van der Waals surface area contributed by atoms with Crippen molar-refractivity contribution in [2.45, 2.75) is 51.0 Å². The normalized spacial score (nSPS) is 20.0. The third-order valence-corrected chi connectivity index (χ3v) is 7.55. The van der Waals surface area contributed by atoms with Gasteiger partial charge in [-0.2, -0.15) is 0 Å². The summed E-state index contributed by atoms with van der Waals surface area (Å²) in [5.74, 6) is 2.51. The molecule has 28 heavy (non-hydrogen) atoms. The molecule has 3 aromatic heterocycles. The maximum absolute atomic E-state index is 13.1. The summed E-state index contributed by atoms with van der Waals surface area (Å²) < 4.78 is 2.32. The molecule has 5 rings (SSSR count). The molecule has 0 aliphatic carbocycles. The fraction of sp³-hybridized carbons (Fsp3) is 0.500. The van der Waals surface area contributed by atoms with E-state index in [1.54, 1.807) is 22.7 Å². The van der Waals surface area contributed by atoms with Crippen LogP contribution in [0.2, 0.25) is 0 Å². The second-order valence-corrected chi connectivity index (χ2v) is 9.35. The van der Waals surface area contributed by atoms with E-state index in [0.717, 1.165) is 53.9 Å². The number of thiophene rings is 1. The van der Waals surface area contributed by atoms with E-state index in [0.29, 0.717) is 12.2 Å². The van der Waals surface area contributed by atoms with Crippen LogP contribution in [0.1, 0.15) is 60.2 Å². The molecule has 0 bridgehead atoms. The van der Waals surface area contributed by atoms with Gasteiger partial charge in [-0.05, 0) is 37.1 Å². The maximum Gasteiger partial charge on any atom is 0.273 e. The van der Waals surface area contributed by atoms with Crippen LogP contribution < -0.4 is 0 Å². The minimum Gasteiger partial charge on any atom is -0.337 e. The van der Waals surface area contributed by atoms with Crippen molar-refractivity contribution in [1.29, 1.82) is 0 Å². The van der Waals surface area contributed by atoms with Crippen molar-refractivity contribution in [2.75, 3.05) is 13.1 Å². The second kappa shape index (κ2) is 7.75. The SMILES string of the molecule is O=C(c1csc(-c2cccs2)n1)N1CCCC(c2nnc3n2CCCCC3)C1. The molecule has 3 aromatic rings. The van der Waals surface area contributed by atoms with Crippen LogP contribution in [-0.4, -0.2) is 43.6 Å². The van der Waals surface area contributed by atoms with E-state index in [4.69, 9.17) is 0 Å². The summed E-state index contributed by atoms with van der Waals surface area (Å²) in [7, 11) is 0. The van der Waals surface area contributed by atoms with E-state index in [-0.39, 0.29) is 11.8 Å². The lowest BCUT2D eigenvalue weighted by molar-refractivity contribution is 0.0698. The van der Waals surface area contributed by atoms with E-state index in [1.165, 1.54) is 19.3 Å². The fourth-order valence-corrected chi connectivity index (χ4v) is 5.84. The topological polar surface area (TPSA) is 63.9 Å². The Morgan fingerprint density at radius 3 is 2.96 bits per heavy atom. The molecule has 2 aliphatic heterocycles. The minimum absolute atomic E-state index is 0.0411. The number of aryl methyl sites for hydroxylation is 1. The highest BCUT2D eigenvalue weighted by molar-refractivity contribution is 7.20. The summed E-state index contributed by atoms with van der Waals surface area (Å²) in [5, 5.41) is 13.8. The zero-order valence-corrected chi connectivity index (χ0v) is 17.3. The van der Waals surface area contributed by atoms with Crippen molar-refractivity contribution in [3.05, 3.63) is 40.2 Å². The lowest BCUT2D eigenvalue weighted by Crippen LogP contribution is -2.40.